The Balaban J connectivity index is 2.78. The maximum atomic E-state index is 14.9. The van der Waals surface area contributed by atoms with E-state index in [2.05, 4.69) is 16.5 Å². The number of rotatable bonds is 4. The highest BCUT2D eigenvalue weighted by Gasteiger charge is 2.23. The summed E-state index contributed by atoms with van der Waals surface area (Å²) in [6.07, 6.45) is 0. The Kier molecular flexibility index (Phi) is 5.27. The van der Waals surface area contributed by atoms with Crippen LogP contribution in [0.5, 0.6) is 0 Å². The van der Waals surface area contributed by atoms with Gasteiger partial charge >= 0.3 is 5.97 Å². The maximum Gasteiger partial charge on any atom is 0.357 e. The summed E-state index contributed by atoms with van der Waals surface area (Å²) in [7, 11) is 4.54. The molecule has 0 aliphatic rings. The quantitative estimate of drug-likeness (QED) is 0.837. The number of hydrogen-bond donors (Lipinski definition) is 1. The number of halogens is 2. The van der Waals surface area contributed by atoms with Gasteiger partial charge in [-0.2, -0.15) is 0 Å². The molecule has 0 bridgehead atoms. The number of nitrogens with zero attached hydrogens (tertiary/aromatic N) is 3. The van der Waals surface area contributed by atoms with Gasteiger partial charge in [-0.15, -0.1) is 0 Å². The molecule has 2 N–H and O–H groups in total. The van der Waals surface area contributed by atoms with E-state index in [0.717, 1.165) is 0 Å². The van der Waals surface area contributed by atoms with Crippen LogP contribution in [-0.2, 0) is 4.74 Å². The van der Waals surface area contributed by atoms with Gasteiger partial charge in [0, 0.05) is 14.1 Å². The molecule has 0 saturated carbocycles. The minimum absolute atomic E-state index is 0.0126. The number of esters is 1. The molecule has 8 heteroatoms. The Morgan fingerprint density at radius 2 is 2.00 bits per heavy atom. The molecule has 6 nitrogen and oxygen atoms in total. The number of hydrogen-bond acceptors (Lipinski definition) is 6. The lowest BCUT2D eigenvalue weighted by Crippen LogP contribution is -2.15. The second kappa shape index (κ2) is 7.06. The van der Waals surface area contributed by atoms with Crippen LogP contribution in [0.25, 0.3) is 17.0 Å². The fourth-order valence-electron chi connectivity index (χ4n) is 2.39. The molecule has 2 rings (SSSR count). The van der Waals surface area contributed by atoms with Gasteiger partial charge in [0.25, 0.3) is 0 Å². The molecular formula is C17H18ClFN4O2. The second-order valence-electron chi connectivity index (χ2n) is 5.58. The van der Waals surface area contributed by atoms with E-state index < -0.39 is 11.8 Å². The van der Waals surface area contributed by atoms with E-state index in [1.807, 2.05) is 0 Å². The van der Waals surface area contributed by atoms with Gasteiger partial charge in [-0.25, -0.2) is 19.2 Å². The molecule has 2 aromatic rings. The molecule has 0 spiro atoms. The van der Waals surface area contributed by atoms with Gasteiger partial charge in [0.1, 0.15) is 5.82 Å². The van der Waals surface area contributed by atoms with E-state index in [4.69, 9.17) is 22.1 Å². The number of ether oxygens (including phenoxy) is 1. The van der Waals surface area contributed by atoms with E-state index in [1.54, 1.807) is 21.0 Å². The first-order chi connectivity index (χ1) is 11.7. The molecule has 132 valence electrons. The lowest BCUT2D eigenvalue weighted by molar-refractivity contribution is 0.0593. The van der Waals surface area contributed by atoms with Crippen molar-refractivity contribution >= 4 is 34.6 Å². The highest BCUT2D eigenvalue weighted by atomic mass is 35.5. The van der Waals surface area contributed by atoms with Gasteiger partial charge in [0.2, 0.25) is 0 Å². The Hall–Kier alpha value is -2.67. The molecule has 1 aromatic heterocycles. The Bertz CT molecular complexity index is 868. The predicted molar refractivity (Wildman–Crippen MR) is 97.2 cm³/mol. The first-order valence-electron chi connectivity index (χ1n) is 7.26. The number of anilines is 2. The van der Waals surface area contributed by atoms with Crippen molar-refractivity contribution < 1.29 is 13.9 Å². The highest BCUT2D eigenvalue weighted by molar-refractivity contribution is 6.33. The van der Waals surface area contributed by atoms with E-state index in [9.17, 15) is 9.18 Å². The van der Waals surface area contributed by atoms with E-state index in [1.165, 1.54) is 24.1 Å². The van der Waals surface area contributed by atoms with Crippen LogP contribution in [0, 0.1) is 5.82 Å². The zero-order valence-electron chi connectivity index (χ0n) is 14.4. The molecule has 1 heterocycles. The zero-order valence-corrected chi connectivity index (χ0v) is 15.1. The first kappa shape index (κ1) is 18.7. The van der Waals surface area contributed by atoms with Crippen LogP contribution in [0.15, 0.2) is 18.7 Å². The molecule has 0 aliphatic carbocycles. The van der Waals surface area contributed by atoms with Crippen LogP contribution in [-0.4, -0.2) is 37.1 Å². The van der Waals surface area contributed by atoms with Crippen molar-refractivity contribution in [1.29, 1.82) is 0 Å². The fraction of sp³-hybridized carbons (Fsp3) is 0.235. The fourth-order valence-corrected chi connectivity index (χ4v) is 2.70. The van der Waals surface area contributed by atoms with E-state index in [-0.39, 0.29) is 39.2 Å². The van der Waals surface area contributed by atoms with Crippen molar-refractivity contribution in [2.75, 3.05) is 31.8 Å². The smallest absolute Gasteiger partial charge is 0.357 e. The number of nitrogens with two attached hydrogens (primary N) is 1. The third-order valence-electron chi connectivity index (χ3n) is 3.50. The summed E-state index contributed by atoms with van der Waals surface area (Å²) in [6, 6.07) is 2.96. The van der Waals surface area contributed by atoms with Crippen LogP contribution in [0.3, 0.4) is 0 Å². The van der Waals surface area contributed by atoms with Crippen LogP contribution in [0.2, 0.25) is 5.02 Å². The predicted octanol–water partition coefficient (Wildman–Crippen LogP) is 3.40. The minimum Gasteiger partial charge on any atom is -0.464 e. The number of carbonyl (C=O) groups is 1. The Morgan fingerprint density at radius 1 is 1.36 bits per heavy atom. The summed E-state index contributed by atoms with van der Waals surface area (Å²) in [5.41, 5.74) is 6.91. The van der Waals surface area contributed by atoms with Gasteiger partial charge in [-0.3, -0.25) is 0 Å². The van der Waals surface area contributed by atoms with Crippen molar-refractivity contribution in [3.05, 3.63) is 40.8 Å². The molecule has 1 aromatic carbocycles. The monoisotopic (exact) mass is 364 g/mol. The maximum absolute atomic E-state index is 14.9. The molecule has 0 amide bonds. The minimum atomic E-state index is -0.712. The number of allylic oxidation sites excluding steroid dienone is 1. The summed E-state index contributed by atoms with van der Waals surface area (Å²) in [5.74, 6) is -1.36. The lowest BCUT2D eigenvalue weighted by Gasteiger charge is -2.18. The van der Waals surface area contributed by atoms with Crippen LogP contribution < -0.4 is 10.6 Å². The van der Waals surface area contributed by atoms with Gasteiger partial charge in [0.15, 0.2) is 17.3 Å². The van der Waals surface area contributed by atoms with Crippen molar-refractivity contribution in [2.24, 2.45) is 0 Å². The summed E-state index contributed by atoms with van der Waals surface area (Å²) in [4.78, 5) is 21.9. The normalized spacial score (nSPS) is 10.5. The van der Waals surface area contributed by atoms with Gasteiger partial charge in [-0.05, 0) is 24.6 Å². The standard InChI is InChI=1S/C17H18ClFN4O2/c1-8(2)11-13(17(24)25-5)21-16(22-15(11)20)9-6-7-10(18)14(12(9)19)23(3)4/h6-7H,1H2,2-5H3,(H2,20,21,22). The number of methoxy groups -OCH3 is 1. The number of aromatic nitrogens is 2. The highest BCUT2D eigenvalue weighted by Crippen LogP contribution is 2.35. The Labute approximate surface area is 150 Å². The number of nitrogen functional groups attached to an aromatic ring is 1. The molecule has 0 fully saturated rings. The lowest BCUT2D eigenvalue weighted by atomic mass is 10.1. The van der Waals surface area contributed by atoms with Crippen LogP contribution >= 0.6 is 11.6 Å². The largest absolute Gasteiger partial charge is 0.464 e. The Morgan fingerprint density at radius 3 is 2.52 bits per heavy atom. The zero-order chi connectivity index (χ0) is 18.9. The average molecular weight is 365 g/mol. The molecule has 0 atom stereocenters. The second-order valence-corrected chi connectivity index (χ2v) is 5.99. The first-order valence-corrected chi connectivity index (χ1v) is 7.64. The van der Waals surface area contributed by atoms with Crippen molar-refractivity contribution in [3.8, 4) is 11.4 Å². The molecule has 25 heavy (non-hydrogen) atoms. The van der Waals surface area contributed by atoms with Crippen LogP contribution in [0.4, 0.5) is 15.9 Å². The summed E-state index contributed by atoms with van der Waals surface area (Å²) in [5, 5.41) is 0.242. The number of benzene rings is 1. The summed E-state index contributed by atoms with van der Waals surface area (Å²) < 4.78 is 19.6. The summed E-state index contributed by atoms with van der Waals surface area (Å²) in [6.45, 7) is 5.43. The molecule has 0 unspecified atom stereocenters. The van der Waals surface area contributed by atoms with Crippen LogP contribution in [0.1, 0.15) is 23.0 Å². The van der Waals surface area contributed by atoms with Gasteiger partial charge in [0.05, 0.1) is 28.9 Å². The third-order valence-corrected chi connectivity index (χ3v) is 3.80. The van der Waals surface area contributed by atoms with Gasteiger partial charge < -0.3 is 15.4 Å². The SMILES string of the molecule is C=C(C)c1c(N)nc(-c2ccc(Cl)c(N(C)C)c2F)nc1C(=O)OC. The van der Waals surface area contributed by atoms with Crippen molar-refractivity contribution in [2.45, 2.75) is 6.92 Å². The molecule has 0 saturated heterocycles. The summed E-state index contributed by atoms with van der Waals surface area (Å²) >= 11 is 6.05. The molecule has 0 aliphatic heterocycles. The topological polar surface area (TPSA) is 81.3 Å². The van der Waals surface area contributed by atoms with E-state index >= 15 is 0 Å². The van der Waals surface area contributed by atoms with Gasteiger partial charge in [-0.1, -0.05) is 18.2 Å². The van der Waals surface area contributed by atoms with Crippen molar-refractivity contribution in [3.63, 3.8) is 0 Å². The average Bonchev–Trinajstić information content (AvgIpc) is 2.52. The van der Waals surface area contributed by atoms with E-state index in [0.29, 0.717) is 5.57 Å². The molecule has 0 radical (unpaired) electrons. The van der Waals surface area contributed by atoms with Crippen molar-refractivity contribution in [1.82, 2.24) is 9.97 Å². The third kappa shape index (κ3) is 3.41. The molecular weight excluding hydrogens is 347 g/mol. The number of carbonyl (C=O) groups excluding carboxylic acids is 1.